The first kappa shape index (κ1) is 12.8. The number of benzene rings is 1. The van der Waals surface area contributed by atoms with Gasteiger partial charge in [-0.1, -0.05) is 29.8 Å². The van der Waals surface area contributed by atoms with Crippen LogP contribution >= 0.6 is 0 Å². The summed E-state index contributed by atoms with van der Waals surface area (Å²) < 4.78 is 0. The molecule has 0 bridgehead atoms. The zero-order chi connectivity index (χ0) is 13.9. The molecule has 1 unspecified atom stereocenters. The highest BCUT2D eigenvalue weighted by atomic mass is 16.1. The molecular weight excluding hydrogens is 250 g/mol. The van der Waals surface area contributed by atoms with Gasteiger partial charge in [-0.3, -0.25) is 9.78 Å². The van der Waals surface area contributed by atoms with Crippen molar-refractivity contribution in [2.75, 3.05) is 6.54 Å². The van der Waals surface area contributed by atoms with Crippen molar-refractivity contribution in [3.63, 3.8) is 0 Å². The molecule has 2 heterocycles. The molecular formula is C16H17N3O. The van der Waals surface area contributed by atoms with E-state index in [0.717, 1.165) is 13.1 Å². The smallest absolute Gasteiger partial charge is 0.270 e. The fourth-order valence-corrected chi connectivity index (χ4v) is 2.55. The summed E-state index contributed by atoms with van der Waals surface area (Å²) in [5.74, 6) is -0.133. The molecule has 1 aromatic heterocycles. The topological polar surface area (TPSA) is 54.0 Å². The van der Waals surface area contributed by atoms with Gasteiger partial charge in [-0.25, -0.2) is 0 Å². The number of nitrogens with one attached hydrogen (secondary N) is 2. The predicted molar refractivity (Wildman–Crippen MR) is 77.3 cm³/mol. The Balaban J connectivity index is 1.81. The van der Waals surface area contributed by atoms with E-state index in [1.807, 2.05) is 6.07 Å². The molecule has 3 rings (SSSR count). The Bertz CT molecular complexity index is 625. The number of carbonyl (C=O) groups is 1. The first-order chi connectivity index (χ1) is 9.74. The van der Waals surface area contributed by atoms with Crippen molar-refractivity contribution in [2.24, 2.45) is 0 Å². The first-order valence-electron chi connectivity index (χ1n) is 6.76. The Morgan fingerprint density at radius 2 is 2.25 bits per heavy atom. The summed E-state index contributed by atoms with van der Waals surface area (Å²) >= 11 is 0. The minimum Gasteiger partial charge on any atom is -0.343 e. The Morgan fingerprint density at radius 1 is 1.35 bits per heavy atom. The van der Waals surface area contributed by atoms with Crippen LogP contribution in [-0.2, 0) is 6.54 Å². The molecule has 20 heavy (non-hydrogen) atoms. The highest BCUT2D eigenvalue weighted by Crippen LogP contribution is 2.23. The van der Waals surface area contributed by atoms with Crippen LogP contribution in [0.3, 0.4) is 0 Å². The molecule has 0 spiro atoms. The molecule has 0 saturated carbocycles. The number of amides is 1. The van der Waals surface area contributed by atoms with Gasteiger partial charge >= 0.3 is 0 Å². The van der Waals surface area contributed by atoms with Crippen LogP contribution in [0.25, 0.3) is 0 Å². The number of aryl methyl sites for hydroxylation is 1. The first-order valence-corrected chi connectivity index (χ1v) is 6.76. The van der Waals surface area contributed by atoms with Gasteiger partial charge in [0.2, 0.25) is 0 Å². The maximum Gasteiger partial charge on any atom is 0.270 e. The van der Waals surface area contributed by atoms with Crippen LogP contribution in [0, 0.1) is 6.92 Å². The fraction of sp³-hybridized carbons (Fsp3) is 0.250. The second-order valence-electron chi connectivity index (χ2n) is 5.07. The highest BCUT2D eigenvalue weighted by Gasteiger charge is 2.22. The number of rotatable bonds is 2. The number of nitrogens with zero attached hydrogens (tertiary/aromatic N) is 1. The number of hydrogen-bond acceptors (Lipinski definition) is 3. The molecule has 0 saturated heterocycles. The lowest BCUT2D eigenvalue weighted by atomic mass is 9.95. The molecule has 0 radical (unpaired) electrons. The van der Waals surface area contributed by atoms with Gasteiger partial charge in [-0.2, -0.15) is 0 Å². The van der Waals surface area contributed by atoms with Crippen LogP contribution < -0.4 is 10.6 Å². The second-order valence-corrected chi connectivity index (χ2v) is 5.07. The largest absolute Gasteiger partial charge is 0.343 e. The van der Waals surface area contributed by atoms with Crippen LogP contribution in [0.15, 0.2) is 42.6 Å². The van der Waals surface area contributed by atoms with Crippen LogP contribution in [0.5, 0.6) is 0 Å². The number of pyridine rings is 1. The van der Waals surface area contributed by atoms with Gasteiger partial charge in [0.25, 0.3) is 5.91 Å². The Morgan fingerprint density at radius 3 is 3.05 bits per heavy atom. The summed E-state index contributed by atoms with van der Waals surface area (Å²) in [5.41, 5.74) is 4.13. The van der Waals surface area contributed by atoms with E-state index in [4.69, 9.17) is 0 Å². The Labute approximate surface area is 118 Å². The molecule has 4 heteroatoms. The third-order valence-corrected chi connectivity index (χ3v) is 3.54. The van der Waals surface area contributed by atoms with Gasteiger partial charge in [0.1, 0.15) is 5.69 Å². The van der Waals surface area contributed by atoms with E-state index >= 15 is 0 Å². The number of fused-ring (bicyclic) bond motifs is 1. The predicted octanol–water partition coefficient (Wildman–Crippen LogP) is 1.96. The fourth-order valence-electron chi connectivity index (χ4n) is 2.55. The van der Waals surface area contributed by atoms with Crippen LogP contribution in [0.2, 0.25) is 0 Å². The minimum atomic E-state index is -0.133. The maximum absolute atomic E-state index is 12.2. The molecule has 0 aliphatic carbocycles. The van der Waals surface area contributed by atoms with Gasteiger partial charge < -0.3 is 10.6 Å². The molecule has 1 aliphatic rings. The maximum atomic E-state index is 12.2. The van der Waals surface area contributed by atoms with E-state index in [2.05, 4.69) is 40.7 Å². The van der Waals surface area contributed by atoms with Gasteiger partial charge in [-0.15, -0.1) is 0 Å². The van der Waals surface area contributed by atoms with E-state index in [-0.39, 0.29) is 11.9 Å². The Hall–Kier alpha value is -2.20. The van der Waals surface area contributed by atoms with Crippen LogP contribution in [0.1, 0.15) is 33.2 Å². The van der Waals surface area contributed by atoms with E-state index in [9.17, 15) is 4.79 Å². The standard InChI is InChI=1S/C16H17N3O/c1-11-5-6-13-12(8-11)9-17-10-15(13)19-16(20)14-4-2-3-7-18-14/h2-8,15,17H,9-10H2,1H3,(H,19,20). The van der Waals surface area contributed by atoms with Gasteiger partial charge in [0.15, 0.2) is 0 Å². The molecule has 1 aromatic carbocycles. The van der Waals surface area contributed by atoms with E-state index < -0.39 is 0 Å². The number of carbonyl (C=O) groups excluding carboxylic acids is 1. The monoisotopic (exact) mass is 267 g/mol. The normalized spacial score (nSPS) is 17.4. The molecule has 1 amide bonds. The summed E-state index contributed by atoms with van der Waals surface area (Å²) in [6.45, 7) is 3.68. The van der Waals surface area contributed by atoms with Gasteiger partial charge in [0.05, 0.1) is 6.04 Å². The number of aromatic nitrogens is 1. The molecule has 0 fully saturated rings. The summed E-state index contributed by atoms with van der Waals surface area (Å²) in [6.07, 6.45) is 1.63. The van der Waals surface area contributed by atoms with E-state index in [0.29, 0.717) is 5.69 Å². The van der Waals surface area contributed by atoms with E-state index in [1.165, 1.54) is 16.7 Å². The summed E-state index contributed by atoms with van der Waals surface area (Å²) in [6, 6.07) is 11.7. The van der Waals surface area contributed by atoms with Crippen molar-refractivity contribution in [3.8, 4) is 0 Å². The van der Waals surface area contributed by atoms with E-state index in [1.54, 1.807) is 18.3 Å². The third kappa shape index (κ3) is 2.56. The van der Waals surface area contributed by atoms with Gasteiger partial charge in [-0.05, 0) is 30.2 Å². The summed E-state index contributed by atoms with van der Waals surface area (Å²) in [7, 11) is 0. The lowest BCUT2D eigenvalue weighted by Crippen LogP contribution is -2.39. The zero-order valence-electron chi connectivity index (χ0n) is 11.4. The lowest BCUT2D eigenvalue weighted by Gasteiger charge is -2.27. The molecule has 2 aromatic rings. The average molecular weight is 267 g/mol. The SMILES string of the molecule is Cc1ccc2c(c1)CNCC2NC(=O)c1ccccn1. The molecule has 4 nitrogen and oxygen atoms in total. The second kappa shape index (κ2) is 5.43. The zero-order valence-corrected chi connectivity index (χ0v) is 11.4. The molecule has 1 aliphatic heterocycles. The average Bonchev–Trinajstić information content (AvgIpc) is 2.48. The van der Waals surface area contributed by atoms with Crippen molar-refractivity contribution >= 4 is 5.91 Å². The van der Waals surface area contributed by atoms with Crippen molar-refractivity contribution in [1.29, 1.82) is 0 Å². The number of hydrogen-bond donors (Lipinski definition) is 2. The van der Waals surface area contributed by atoms with Crippen molar-refractivity contribution < 1.29 is 4.79 Å². The quantitative estimate of drug-likeness (QED) is 0.874. The third-order valence-electron chi connectivity index (χ3n) is 3.54. The molecule has 1 atom stereocenters. The minimum absolute atomic E-state index is 0.00569. The van der Waals surface area contributed by atoms with Crippen LogP contribution in [-0.4, -0.2) is 17.4 Å². The highest BCUT2D eigenvalue weighted by molar-refractivity contribution is 5.92. The van der Waals surface area contributed by atoms with Crippen molar-refractivity contribution in [3.05, 3.63) is 65.0 Å². The summed E-state index contributed by atoms with van der Waals surface area (Å²) in [5, 5.41) is 6.39. The molecule has 2 N–H and O–H groups in total. The van der Waals surface area contributed by atoms with Crippen molar-refractivity contribution in [1.82, 2.24) is 15.6 Å². The summed E-state index contributed by atoms with van der Waals surface area (Å²) in [4.78, 5) is 16.3. The Kier molecular flexibility index (Phi) is 3.48. The van der Waals surface area contributed by atoms with Crippen molar-refractivity contribution in [2.45, 2.75) is 19.5 Å². The van der Waals surface area contributed by atoms with Gasteiger partial charge in [0, 0.05) is 19.3 Å². The van der Waals surface area contributed by atoms with Crippen LogP contribution in [0.4, 0.5) is 0 Å². The lowest BCUT2D eigenvalue weighted by molar-refractivity contribution is 0.0929. The molecule has 102 valence electrons.